The Morgan fingerprint density at radius 1 is 1.40 bits per heavy atom. The molecular formula is C15H22ClFN2O. The first-order chi connectivity index (χ1) is 9.60. The third-order valence-electron chi connectivity index (χ3n) is 3.91. The van der Waals surface area contributed by atoms with Gasteiger partial charge in [-0.2, -0.15) is 0 Å². The Bertz CT molecular complexity index is 418. The standard InChI is InChI=1S/C15H22ClFN2O/c1-19(10-11-2-4-20-5-3-11)15(9-18)12-6-13(16)8-14(17)7-12/h6-8,11,15H,2-5,9-10,18H2,1H3. The van der Waals surface area contributed by atoms with Gasteiger partial charge in [0.1, 0.15) is 5.82 Å². The maximum Gasteiger partial charge on any atom is 0.125 e. The van der Waals surface area contributed by atoms with Crippen molar-refractivity contribution in [2.24, 2.45) is 11.7 Å². The summed E-state index contributed by atoms with van der Waals surface area (Å²) in [4.78, 5) is 2.20. The fourth-order valence-electron chi connectivity index (χ4n) is 2.80. The number of hydrogen-bond donors (Lipinski definition) is 1. The zero-order chi connectivity index (χ0) is 14.5. The number of likely N-dealkylation sites (N-methyl/N-ethyl adjacent to an activating group) is 1. The molecule has 1 unspecified atom stereocenters. The van der Waals surface area contributed by atoms with E-state index < -0.39 is 0 Å². The van der Waals surface area contributed by atoms with E-state index in [1.807, 2.05) is 7.05 Å². The Hall–Kier alpha value is -0.680. The number of ether oxygens (including phenoxy) is 1. The van der Waals surface area contributed by atoms with Crippen LogP contribution in [-0.2, 0) is 4.74 Å². The summed E-state index contributed by atoms with van der Waals surface area (Å²) in [6.07, 6.45) is 2.15. The lowest BCUT2D eigenvalue weighted by Crippen LogP contribution is -2.36. The third kappa shape index (κ3) is 4.16. The normalized spacial score (nSPS) is 18.4. The average molecular weight is 301 g/mol. The van der Waals surface area contributed by atoms with Gasteiger partial charge < -0.3 is 10.5 Å². The quantitative estimate of drug-likeness (QED) is 0.909. The smallest absolute Gasteiger partial charge is 0.125 e. The lowest BCUT2D eigenvalue weighted by molar-refractivity contribution is 0.0507. The van der Waals surface area contributed by atoms with Crippen molar-refractivity contribution >= 4 is 11.6 Å². The summed E-state index contributed by atoms with van der Waals surface area (Å²) in [7, 11) is 2.03. The molecule has 0 saturated carbocycles. The number of hydrogen-bond acceptors (Lipinski definition) is 3. The van der Waals surface area contributed by atoms with Gasteiger partial charge in [0, 0.05) is 37.4 Å². The SMILES string of the molecule is CN(CC1CCOCC1)C(CN)c1cc(F)cc(Cl)c1. The fraction of sp³-hybridized carbons (Fsp3) is 0.600. The molecule has 1 aliphatic rings. The number of benzene rings is 1. The summed E-state index contributed by atoms with van der Waals surface area (Å²) in [5.41, 5.74) is 6.72. The first-order valence-corrected chi connectivity index (χ1v) is 7.42. The summed E-state index contributed by atoms with van der Waals surface area (Å²) in [5.74, 6) is 0.303. The molecule has 0 bridgehead atoms. The van der Waals surface area contributed by atoms with Crippen LogP contribution in [0.25, 0.3) is 0 Å². The molecule has 3 nitrogen and oxygen atoms in total. The molecule has 1 atom stereocenters. The summed E-state index contributed by atoms with van der Waals surface area (Å²) in [6, 6.07) is 4.62. The van der Waals surface area contributed by atoms with E-state index in [0.29, 0.717) is 17.5 Å². The lowest BCUT2D eigenvalue weighted by atomic mass is 9.98. The van der Waals surface area contributed by atoms with E-state index >= 15 is 0 Å². The highest BCUT2D eigenvalue weighted by Crippen LogP contribution is 2.25. The molecule has 1 heterocycles. The molecule has 0 amide bonds. The molecule has 1 aromatic carbocycles. The molecule has 0 spiro atoms. The molecule has 1 fully saturated rings. The molecular weight excluding hydrogens is 279 g/mol. The topological polar surface area (TPSA) is 38.5 Å². The van der Waals surface area contributed by atoms with Gasteiger partial charge in [-0.05, 0) is 49.6 Å². The van der Waals surface area contributed by atoms with Crippen molar-refractivity contribution in [2.45, 2.75) is 18.9 Å². The minimum atomic E-state index is -0.314. The zero-order valence-corrected chi connectivity index (χ0v) is 12.6. The van der Waals surface area contributed by atoms with Gasteiger partial charge in [0.15, 0.2) is 0 Å². The summed E-state index contributed by atoms with van der Waals surface area (Å²) in [5, 5.41) is 0.415. The van der Waals surface area contributed by atoms with Gasteiger partial charge in [0.2, 0.25) is 0 Å². The minimum Gasteiger partial charge on any atom is -0.381 e. The highest BCUT2D eigenvalue weighted by atomic mass is 35.5. The average Bonchev–Trinajstić information content (AvgIpc) is 2.39. The van der Waals surface area contributed by atoms with E-state index in [9.17, 15) is 4.39 Å². The summed E-state index contributed by atoms with van der Waals surface area (Å²) in [6.45, 7) is 3.05. The van der Waals surface area contributed by atoms with Crippen molar-refractivity contribution in [1.29, 1.82) is 0 Å². The Labute approximate surface area is 124 Å². The van der Waals surface area contributed by atoms with Crippen molar-refractivity contribution < 1.29 is 9.13 Å². The van der Waals surface area contributed by atoms with Gasteiger partial charge in [0.05, 0.1) is 0 Å². The van der Waals surface area contributed by atoms with Gasteiger partial charge in [-0.15, -0.1) is 0 Å². The van der Waals surface area contributed by atoms with Crippen LogP contribution in [0.15, 0.2) is 18.2 Å². The number of rotatable bonds is 5. The Morgan fingerprint density at radius 3 is 2.70 bits per heavy atom. The highest BCUT2D eigenvalue weighted by Gasteiger charge is 2.21. The van der Waals surface area contributed by atoms with E-state index in [1.54, 1.807) is 6.07 Å². The second-order valence-corrected chi connectivity index (χ2v) is 5.89. The van der Waals surface area contributed by atoms with Crippen molar-refractivity contribution in [3.8, 4) is 0 Å². The van der Waals surface area contributed by atoms with Crippen LogP contribution >= 0.6 is 11.6 Å². The van der Waals surface area contributed by atoms with Crippen molar-refractivity contribution in [2.75, 3.05) is 33.4 Å². The van der Waals surface area contributed by atoms with Crippen LogP contribution in [0, 0.1) is 11.7 Å². The van der Waals surface area contributed by atoms with Crippen molar-refractivity contribution in [1.82, 2.24) is 4.90 Å². The van der Waals surface area contributed by atoms with Crippen LogP contribution in [0.1, 0.15) is 24.4 Å². The fourth-order valence-corrected chi connectivity index (χ4v) is 3.03. The van der Waals surface area contributed by atoms with Crippen LogP contribution in [-0.4, -0.2) is 38.3 Å². The molecule has 1 aliphatic heterocycles. The first kappa shape index (κ1) is 15.7. The van der Waals surface area contributed by atoms with Crippen LogP contribution in [0.4, 0.5) is 4.39 Å². The summed E-state index contributed by atoms with van der Waals surface area (Å²) < 4.78 is 18.9. The largest absolute Gasteiger partial charge is 0.381 e. The maximum atomic E-state index is 13.5. The second-order valence-electron chi connectivity index (χ2n) is 5.45. The predicted octanol–water partition coefficient (Wildman–Crippen LogP) is 2.84. The number of nitrogens with two attached hydrogens (primary N) is 1. The monoisotopic (exact) mass is 300 g/mol. The molecule has 0 aromatic heterocycles. The second kappa shape index (κ2) is 7.36. The van der Waals surface area contributed by atoms with Crippen molar-refractivity contribution in [3.63, 3.8) is 0 Å². The first-order valence-electron chi connectivity index (χ1n) is 7.04. The Kier molecular flexibility index (Phi) is 5.78. The Morgan fingerprint density at radius 2 is 2.10 bits per heavy atom. The third-order valence-corrected chi connectivity index (χ3v) is 4.13. The van der Waals surface area contributed by atoms with E-state index in [0.717, 1.165) is 38.2 Å². The molecule has 2 rings (SSSR count). The molecule has 0 radical (unpaired) electrons. The zero-order valence-electron chi connectivity index (χ0n) is 11.8. The van der Waals surface area contributed by atoms with Gasteiger partial charge in [-0.3, -0.25) is 4.90 Å². The van der Waals surface area contributed by atoms with E-state index in [4.69, 9.17) is 22.1 Å². The van der Waals surface area contributed by atoms with E-state index in [1.165, 1.54) is 12.1 Å². The van der Waals surface area contributed by atoms with Crippen LogP contribution in [0.2, 0.25) is 5.02 Å². The minimum absolute atomic E-state index is 0.00829. The molecule has 2 N–H and O–H groups in total. The van der Waals surface area contributed by atoms with Crippen LogP contribution in [0.3, 0.4) is 0 Å². The van der Waals surface area contributed by atoms with Gasteiger partial charge in [0.25, 0.3) is 0 Å². The van der Waals surface area contributed by atoms with Crippen LogP contribution in [0.5, 0.6) is 0 Å². The maximum absolute atomic E-state index is 13.5. The number of halogens is 2. The number of nitrogens with zero attached hydrogens (tertiary/aromatic N) is 1. The van der Waals surface area contributed by atoms with Gasteiger partial charge in [-0.25, -0.2) is 4.39 Å². The summed E-state index contributed by atoms with van der Waals surface area (Å²) >= 11 is 5.93. The molecule has 5 heteroatoms. The molecule has 112 valence electrons. The van der Waals surface area contributed by atoms with Crippen molar-refractivity contribution in [3.05, 3.63) is 34.6 Å². The van der Waals surface area contributed by atoms with Gasteiger partial charge >= 0.3 is 0 Å². The molecule has 1 saturated heterocycles. The molecule has 1 aromatic rings. The predicted molar refractivity (Wildman–Crippen MR) is 79.4 cm³/mol. The molecule has 0 aliphatic carbocycles. The van der Waals surface area contributed by atoms with Gasteiger partial charge in [-0.1, -0.05) is 11.6 Å². The van der Waals surface area contributed by atoms with E-state index in [-0.39, 0.29) is 11.9 Å². The highest BCUT2D eigenvalue weighted by molar-refractivity contribution is 6.30. The van der Waals surface area contributed by atoms with E-state index in [2.05, 4.69) is 4.90 Å². The lowest BCUT2D eigenvalue weighted by Gasteiger charge is -2.32. The van der Waals surface area contributed by atoms with Crippen LogP contribution < -0.4 is 5.73 Å². The molecule has 20 heavy (non-hydrogen) atoms. The Balaban J connectivity index is 2.05.